The minimum absolute atomic E-state index is 0. The van der Waals surface area contributed by atoms with Crippen LogP contribution in [0.3, 0.4) is 0 Å². The second-order valence-corrected chi connectivity index (χ2v) is 10.4. The number of amides is 2. The van der Waals surface area contributed by atoms with Crippen LogP contribution in [0.5, 0.6) is 11.5 Å². The number of carbonyl (C=O) groups is 2. The van der Waals surface area contributed by atoms with Crippen LogP contribution in [-0.2, 0) is 17.9 Å². The van der Waals surface area contributed by atoms with Crippen molar-refractivity contribution >= 4 is 54.0 Å². The van der Waals surface area contributed by atoms with Crippen molar-refractivity contribution < 1.29 is 19.1 Å². The Hall–Kier alpha value is -4.49. The molecule has 0 unspecified atom stereocenters. The topological polar surface area (TPSA) is 199 Å². The van der Waals surface area contributed by atoms with Gasteiger partial charge in [-0.15, -0.1) is 24.8 Å². The Morgan fingerprint density at radius 2 is 1.64 bits per heavy atom. The number of halogens is 2. The van der Waals surface area contributed by atoms with Crippen molar-refractivity contribution in [2.24, 2.45) is 5.73 Å². The second kappa shape index (κ2) is 17.1. The van der Waals surface area contributed by atoms with Crippen molar-refractivity contribution in [3.05, 3.63) is 63.6 Å². The van der Waals surface area contributed by atoms with Crippen LogP contribution in [-0.4, -0.2) is 53.5 Å². The van der Waals surface area contributed by atoms with Crippen molar-refractivity contribution in [1.29, 1.82) is 5.41 Å². The molecule has 0 aliphatic heterocycles. The van der Waals surface area contributed by atoms with Gasteiger partial charge in [0.05, 0.1) is 38.2 Å². The first-order valence-electron chi connectivity index (χ1n) is 13.8. The summed E-state index contributed by atoms with van der Waals surface area (Å²) in [6, 6.07) is 7.81. The monoisotopic (exact) mass is 664 g/mol. The minimum atomic E-state index is -0.518. The van der Waals surface area contributed by atoms with Crippen LogP contribution in [0.1, 0.15) is 55.6 Å². The smallest absolute Gasteiger partial charge is 0.294 e. The number of carbonyl (C=O) groups excluding carboxylic acids is 2. The Morgan fingerprint density at radius 1 is 1.02 bits per heavy atom. The Balaban J connectivity index is 0.00000506. The lowest BCUT2D eigenvalue weighted by atomic mass is 10.1. The van der Waals surface area contributed by atoms with Crippen LogP contribution in [0, 0.1) is 5.41 Å². The van der Waals surface area contributed by atoms with Crippen molar-refractivity contribution in [3.63, 3.8) is 0 Å². The van der Waals surface area contributed by atoms with Crippen molar-refractivity contribution in [3.8, 4) is 22.8 Å². The molecule has 0 saturated carbocycles. The summed E-state index contributed by atoms with van der Waals surface area (Å²) in [5.74, 6) is -0.128. The van der Waals surface area contributed by atoms with E-state index < -0.39 is 11.5 Å². The van der Waals surface area contributed by atoms with Gasteiger partial charge in [-0.2, -0.15) is 0 Å². The van der Waals surface area contributed by atoms with Gasteiger partial charge in [0.1, 0.15) is 23.9 Å². The van der Waals surface area contributed by atoms with Crippen LogP contribution < -0.4 is 42.5 Å². The van der Waals surface area contributed by atoms with E-state index in [1.165, 1.54) is 25.0 Å². The summed E-state index contributed by atoms with van der Waals surface area (Å²) in [4.78, 5) is 44.0. The zero-order chi connectivity index (χ0) is 31.8. The van der Waals surface area contributed by atoms with Gasteiger partial charge in [0.25, 0.3) is 11.5 Å². The zero-order valence-corrected chi connectivity index (χ0v) is 27.8. The van der Waals surface area contributed by atoms with Crippen LogP contribution in [0.15, 0.2) is 41.3 Å². The highest BCUT2D eigenvalue weighted by Crippen LogP contribution is 2.30. The average Bonchev–Trinajstić information content (AvgIpc) is 2.96. The van der Waals surface area contributed by atoms with E-state index in [0.717, 1.165) is 6.42 Å². The number of amidine groups is 1. The highest BCUT2D eigenvalue weighted by Gasteiger charge is 2.20. The lowest BCUT2D eigenvalue weighted by Crippen LogP contribution is -2.35. The third-order valence-corrected chi connectivity index (χ3v) is 6.67. The summed E-state index contributed by atoms with van der Waals surface area (Å²) >= 11 is 0. The molecule has 45 heavy (non-hydrogen) atoms. The Bertz CT molecular complexity index is 1550. The molecule has 0 radical (unpaired) electrons. The molecule has 0 spiro atoms. The number of nitrogens with one attached hydrogen (secondary N) is 4. The number of nitrogen functional groups attached to an aromatic ring is 2. The third kappa shape index (κ3) is 9.75. The van der Waals surface area contributed by atoms with E-state index in [-0.39, 0.29) is 67.5 Å². The summed E-state index contributed by atoms with van der Waals surface area (Å²) < 4.78 is 12.2. The molecule has 0 saturated heterocycles. The Morgan fingerprint density at radius 3 is 2.18 bits per heavy atom. The summed E-state index contributed by atoms with van der Waals surface area (Å²) in [6.07, 6.45) is 2.22. The molecule has 8 N–H and O–H groups in total. The average molecular weight is 666 g/mol. The molecule has 2 aromatic carbocycles. The van der Waals surface area contributed by atoms with Gasteiger partial charge in [-0.1, -0.05) is 6.92 Å². The van der Waals surface area contributed by atoms with E-state index in [4.69, 9.17) is 26.4 Å². The second-order valence-electron chi connectivity index (χ2n) is 10.4. The number of nitrogens with zero attached hydrogens (tertiary/aromatic N) is 2. The summed E-state index contributed by atoms with van der Waals surface area (Å²) in [7, 11) is 2.91. The van der Waals surface area contributed by atoms with Gasteiger partial charge in [0.15, 0.2) is 5.82 Å². The van der Waals surface area contributed by atoms with Crippen LogP contribution in [0.4, 0.5) is 11.5 Å². The fourth-order valence-corrected chi connectivity index (χ4v) is 4.29. The number of hydrogen-bond donors (Lipinski definition) is 6. The van der Waals surface area contributed by atoms with Gasteiger partial charge in [-0.25, -0.2) is 4.98 Å². The molecule has 3 rings (SSSR count). The summed E-state index contributed by atoms with van der Waals surface area (Å²) in [5, 5.41) is 16.5. The number of nitrogens with two attached hydrogens (primary N) is 2. The summed E-state index contributed by atoms with van der Waals surface area (Å²) in [5.41, 5.74) is 13.6. The maximum Gasteiger partial charge on any atom is 0.294 e. The van der Waals surface area contributed by atoms with Gasteiger partial charge >= 0.3 is 0 Å². The molecular weight excluding hydrogens is 623 g/mol. The normalized spacial score (nSPS) is 11.0. The van der Waals surface area contributed by atoms with Gasteiger partial charge in [-0.05, 0) is 57.5 Å². The van der Waals surface area contributed by atoms with E-state index in [0.29, 0.717) is 45.1 Å². The van der Waals surface area contributed by atoms with Crippen molar-refractivity contribution in [1.82, 2.24) is 20.2 Å². The maximum atomic E-state index is 13.6. The molecule has 0 bridgehead atoms. The van der Waals surface area contributed by atoms with E-state index >= 15 is 0 Å². The SMILES string of the molecule is CC[C@H](C)NC(=O)c1cc(N)cc(-c2cnc(NC(C)C)c(=O)n2CC(=O)NCc2c(OC)cc(C(=N)N)cc2OC)c1.Cl.Cl. The Labute approximate surface area is 274 Å². The highest BCUT2D eigenvalue weighted by atomic mass is 35.5. The standard InChI is InChI=1S/C30H40N8O5.2ClH/c1-7-17(4)37-29(40)20-8-18(9-21(31)10-20)23-14-35-28(36-16(2)3)30(41)38(23)15-26(39)34-13-22-24(42-5)11-19(27(32)33)12-25(22)43-6;;/h8-12,14,16-17H,7,13,15,31H2,1-6H3,(H3,32,33)(H,34,39)(H,35,36)(H,37,40);2*1H/t17-;;/m0../s1. The lowest BCUT2D eigenvalue weighted by molar-refractivity contribution is -0.121. The van der Waals surface area contributed by atoms with Crippen LogP contribution >= 0.6 is 24.8 Å². The maximum absolute atomic E-state index is 13.6. The first-order valence-corrected chi connectivity index (χ1v) is 13.8. The van der Waals surface area contributed by atoms with Crippen molar-refractivity contribution in [2.75, 3.05) is 25.3 Å². The summed E-state index contributed by atoms with van der Waals surface area (Å²) in [6.45, 7) is 7.24. The molecule has 0 aliphatic carbocycles. The van der Waals surface area contributed by atoms with Crippen LogP contribution in [0.2, 0.25) is 0 Å². The molecular formula is C30H42Cl2N8O5. The predicted molar refractivity (Wildman–Crippen MR) is 181 cm³/mol. The lowest BCUT2D eigenvalue weighted by Gasteiger charge is -2.18. The molecule has 0 aliphatic rings. The van der Waals surface area contributed by atoms with E-state index in [1.807, 2.05) is 27.7 Å². The minimum Gasteiger partial charge on any atom is -0.496 e. The largest absolute Gasteiger partial charge is 0.496 e. The quantitative estimate of drug-likeness (QED) is 0.0901. The molecule has 0 fully saturated rings. The van der Waals surface area contributed by atoms with Gasteiger partial charge in [0.2, 0.25) is 5.91 Å². The number of anilines is 2. The van der Waals surface area contributed by atoms with Gasteiger partial charge in [0, 0.05) is 34.5 Å². The fourth-order valence-electron chi connectivity index (χ4n) is 4.29. The van der Waals surface area contributed by atoms with E-state index in [9.17, 15) is 14.4 Å². The van der Waals surface area contributed by atoms with Gasteiger partial charge < -0.3 is 36.9 Å². The molecule has 15 heteroatoms. The Kier molecular flexibility index (Phi) is 14.7. The van der Waals surface area contributed by atoms with E-state index in [1.54, 1.807) is 30.3 Å². The molecule has 3 aromatic rings. The van der Waals surface area contributed by atoms with E-state index in [2.05, 4.69) is 20.9 Å². The van der Waals surface area contributed by atoms with Crippen molar-refractivity contribution in [2.45, 2.75) is 59.3 Å². The molecule has 13 nitrogen and oxygen atoms in total. The highest BCUT2D eigenvalue weighted by molar-refractivity contribution is 5.97. The molecule has 2 amide bonds. The molecule has 246 valence electrons. The number of hydrogen-bond acceptors (Lipinski definition) is 9. The fraction of sp³-hybridized carbons (Fsp3) is 0.367. The molecule has 1 atom stereocenters. The first kappa shape index (κ1) is 38.5. The number of benzene rings is 2. The molecule has 1 aromatic heterocycles. The van der Waals surface area contributed by atoms with Crippen LogP contribution in [0.25, 0.3) is 11.3 Å². The number of aromatic nitrogens is 2. The predicted octanol–water partition coefficient (Wildman–Crippen LogP) is 3.30. The molecule has 1 heterocycles. The first-order chi connectivity index (χ1) is 20.4. The number of ether oxygens (including phenoxy) is 2. The number of methoxy groups -OCH3 is 2. The zero-order valence-electron chi connectivity index (χ0n) is 26.1. The van der Waals surface area contributed by atoms with Gasteiger partial charge in [-0.3, -0.25) is 24.4 Å². The third-order valence-electron chi connectivity index (χ3n) is 6.67. The number of rotatable bonds is 13.